The van der Waals surface area contributed by atoms with Gasteiger partial charge in [0.05, 0.1) is 0 Å². The number of halogens is 1. The first-order valence-electron chi connectivity index (χ1n) is 5.85. The van der Waals surface area contributed by atoms with E-state index in [0.717, 1.165) is 12.2 Å². The molecule has 0 spiro atoms. The zero-order chi connectivity index (χ0) is 13.5. The molecule has 3 nitrogen and oxygen atoms in total. The minimum absolute atomic E-state index is 0.201. The van der Waals surface area contributed by atoms with Crippen molar-refractivity contribution in [1.29, 1.82) is 0 Å². The van der Waals surface area contributed by atoms with Gasteiger partial charge in [0.15, 0.2) is 0 Å². The van der Waals surface area contributed by atoms with Gasteiger partial charge in [-0.1, -0.05) is 6.07 Å². The quantitative estimate of drug-likeness (QED) is 0.798. The van der Waals surface area contributed by atoms with E-state index < -0.39 is 11.7 Å². The van der Waals surface area contributed by atoms with Gasteiger partial charge in [-0.25, -0.2) is 4.39 Å². The Kier molecular flexibility index (Phi) is 6.15. The first kappa shape index (κ1) is 15.0. The second kappa shape index (κ2) is 7.38. The predicted molar refractivity (Wildman–Crippen MR) is 74.2 cm³/mol. The smallest absolute Gasteiger partial charge is 0.248 e. The van der Waals surface area contributed by atoms with E-state index in [1.54, 1.807) is 23.9 Å². The molecule has 1 unspecified atom stereocenters. The Hall–Kier alpha value is -1.07. The van der Waals surface area contributed by atoms with Crippen molar-refractivity contribution in [3.63, 3.8) is 0 Å². The zero-order valence-electron chi connectivity index (χ0n) is 10.7. The first-order chi connectivity index (χ1) is 8.54. The van der Waals surface area contributed by atoms with E-state index in [9.17, 15) is 9.18 Å². The normalized spacial score (nSPS) is 12.4. The average Bonchev–Trinajstić information content (AvgIpc) is 2.34. The summed E-state index contributed by atoms with van der Waals surface area (Å²) in [6.07, 6.45) is 3.11. The highest BCUT2D eigenvalue weighted by Crippen LogP contribution is 2.11. The fourth-order valence-corrected chi connectivity index (χ4v) is 2.11. The maximum atomic E-state index is 13.7. The molecule has 0 heterocycles. The van der Waals surface area contributed by atoms with Crippen LogP contribution < -0.4 is 11.1 Å². The van der Waals surface area contributed by atoms with E-state index in [1.165, 1.54) is 6.07 Å². The maximum Gasteiger partial charge on any atom is 0.248 e. The number of amides is 1. The molecule has 0 aromatic heterocycles. The van der Waals surface area contributed by atoms with Crippen LogP contribution in [0.5, 0.6) is 0 Å². The third kappa shape index (κ3) is 4.66. The molecule has 0 aliphatic heterocycles. The van der Waals surface area contributed by atoms with Crippen LogP contribution in [0.2, 0.25) is 0 Å². The highest BCUT2D eigenvalue weighted by Gasteiger charge is 2.08. The molecule has 0 radical (unpaired) electrons. The van der Waals surface area contributed by atoms with Gasteiger partial charge in [0.25, 0.3) is 0 Å². The molecule has 0 saturated heterocycles. The second-order valence-electron chi connectivity index (χ2n) is 4.23. The number of carbonyl (C=O) groups excluding carboxylic acids is 1. The van der Waals surface area contributed by atoms with Crippen LogP contribution in [0, 0.1) is 5.82 Å². The molecule has 0 aliphatic carbocycles. The summed E-state index contributed by atoms with van der Waals surface area (Å²) in [5.41, 5.74) is 5.84. The van der Waals surface area contributed by atoms with Gasteiger partial charge in [0, 0.05) is 23.7 Å². The Labute approximate surface area is 111 Å². The Morgan fingerprint density at radius 2 is 2.28 bits per heavy atom. The van der Waals surface area contributed by atoms with Gasteiger partial charge in [0.1, 0.15) is 5.82 Å². The molecule has 1 amide bonds. The van der Waals surface area contributed by atoms with E-state index in [2.05, 4.69) is 18.5 Å². The van der Waals surface area contributed by atoms with E-state index in [4.69, 9.17) is 5.73 Å². The van der Waals surface area contributed by atoms with Gasteiger partial charge in [-0.2, -0.15) is 11.8 Å². The van der Waals surface area contributed by atoms with E-state index in [0.29, 0.717) is 18.2 Å². The van der Waals surface area contributed by atoms with Gasteiger partial charge in [0.2, 0.25) is 5.91 Å². The van der Waals surface area contributed by atoms with Crippen LogP contribution in [-0.2, 0) is 6.54 Å². The fraction of sp³-hybridized carbons (Fsp3) is 0.462. The minimum Gasteiger partial charge on any atom is -0.366 e. The van der Waals surface area contributed by atoms with Gasteiger partial charge in [-0.3, -0.25) is 4.79 Å². The maximum absolute atomic E-state index is 13.7. The van der Waals surface area contributed by atoms with Crippen LogP contribution in [0.25, 0.3) is 0 Å². The van der Waals surface area contributed by atoms with Crippen molar-refractivity contribution in [2.24, 2.45) is 5.73 Å². The topological polar surface area (TPSA) is 55.1 Å². The van der Waals surface area contributed by atoms with Crippen LogP contribution in [0.1, 0.15) is 29.3 Å². The summed E-state index contributed by atoms with van der Waals surface area (Å²) in [6, 6.07) is 4.68. The van der Waals surface area contributed by atoms with E-state index in [-0.39, 0.29) is 5.56 Å². The summed E-state index contributed by atoms with van der Waals surface area (Å²) in [4.78, 5) is 10.9. The number of rotatable bonds is 7. The van der Waals surface area contributed by atoms with Gasteiger partial charge < -0.3 is 11.1 Å². The largest absolute Gasteiger partial charge is 0.366 e. The van der Waals surface area contributed by atoms with Crippen molar-refractivity contribution < 1.29 is 9.18 Å². The molecule has 1 aromatic carbocycles. The van der Waals surface area contributed by atoms with Gasteiger partial charge >= 0.3 is 0 Å². The van der Waals surface area contributed by atoms with Crippen molar-refractivity contribution in [3.8, 4) is 0 Å². The van der Waals surface area contributed by atoms with Crippen LogP contribution in [0.3, 0.4) is 0 Å². The third-order valence-electron chi connectivity index (χ3n) is 2.73. The summed E-state index contributed by atoms with van der Waals surface area (Å²) in [7, 11) is 0. The summed E-state index contributed by atoms with van der Waals surface area (Å²) in [5, 5.41) is 3.25. The summed E-state index contributed by atoms with van der Waals surface area (Å²) < 4.78 is 13.7. The molecule has 18 heavy (non-hydrogen) atoms. The van der Waals surface area contributed by atoms with Crippen molar-refractivity contribution in [2.75, 3.05) is 12.0 Å². The Balaban J connectivity index is 2.55. The SMILES string of the molecule is CSCCC(C)NCc1ccc(C(N)=O)cc1F. The minimum atomic E-state index is -0.609. The van der Waals surface area contributed by atoms with Crippen LogP contribution >= 0.6 is 11.8 Å². The summed E-state index contributed by atoms with van der Waals surface area (Å²) in [6.45, 7) is 2.53. The highest BCUT2D eigenvalue weighted by molar-refractivity contribution is 7.98. The molecule has 0 bridgehead atoms. The molecule has 100 valence electrons. The lowest BCUT2D eigenvalue weighted by Gasteiger charge is -2.13. The van der Waals surface area contributed by atoms with Crippen LogP contribution in [-0.4, -0.2) is 24.0 Å². The lowest BCUT2D eigenvalue weighted by Crippen LogP contribution is -2.26. The lowest BCUT2D eigenvalue weighted by atomic mass is 10.1. The number of nitrogens with two attached hydrogens (primary N) is 1. The second-order valence-corrected chi connectivity index (χ2v) is 5.22. The molecule has 5 heteroatoms. The lowest BCUT2D eigenvalue weighted by molar-refractivity contribution is 0.1000. The Morgan fingerprint density at radius 1 is 1.56 bits per heavy atom. The summed E-state index contributed by atoms with van der Waals surface area (Å²) >= 11 is 1.79. The number of carbonyl (C=O) groups is 1. The van der Waals surface area contributed by atoms with Crippen molar-refractivity contribution in [2.45, 2.75) is 25.9 Å². The molecular weight excluding hydrogens is 251 g/mol. The van der Waals surface area contributed by atoms with E-state index >= 15 is 0 Å². The van der Waals surface area contributed by atoms with Crippen molar-refractivity contribution in [1.82, 2.24) is 5.32 Å². The molecule has 3 N–H and O–H groups in total. The van der Waals surface area contributed by atoms with E-state index in [1.807, 2.05) is 0 Å². The number of hydrogen-bond donors (Lipinski definition) is 2. The number of benzene rings is 1. The Morgan fingerprint density at radius 3 is 2.83 bits per heavy atom. The zero-order valence-corrected chi connectivity index (χ0v) is 11.5. The predicted octanol–water partition coefficient (Wildman–Crippen LogP) is 2.16. The molecule has 0 saturated carbocycles. The molecule has 0 aliphatic rings. The fourth-order valence-electron chi connectivity index (χ4n) is 1.52. The molecular formula is C13H19FN2OS. The van der Waals surface area contributed by atoms with Crippen molar-refractivity contribution in [3.05, 3.63) is 35.1 Å². The van der Waals surface area contributed by atoms with Gasteiger partial charge in [-0.05, 0) is 37.5 Å². The molecule has 0 fully saturated rings. The highest BCUT2D eigenvalue weighted by atomic mass is 32.2. The van der Waals surface area contributed by atoms with Crippen LogP contribution in [0.4, 0.5) is 4.39 Å². The van der Waals surface area contributed by atoms with Gasteiger partial charge in [-0.15, -0.1) is 0 Å². The first-order valence-corrected chi connectivity index (χ1v) is 7.24. The average molecular weight is 270 g/mol. The Bertz CT molecular complexity index is 412. The molecule has 1 rings (SSSR count). The van der Waals surface area contributed by atoms with Crippen molar-refractivity contribution >= 4 is 17.7 Å². The number of thioether (sulfide) groups is 1. The number of primary amides is 1. The van der Waals surface area contributed by atoms with Crippen LogP contribution in [0.15, 0.2) is 18.2 Å². The number of hydrogen-bond acceptors (Lipinski definition) is 3. The summed E-state index contributed by atoms with van der Waals surface area (Å²) in [5.74, 6) is 0.0784. The number of nitrogens with one attached hydrogen (secondary N) is 1. The standard InChI is InChI=1S/C13H19FN2OS/c1-9(5-6-18-2)16-8-11-4-3-10(13(15)17)7-12(11)14/h3-4,7,9,16H,5-6,8H2,1-2H3,(H2,15,17). The molecule has 1 atom stereocenters. The molecule has 1 aromatic rings. The monoisotopic (exact) mass is 270 g/mol. The third-order valence-corrected chi connectivity index (χ3v) is 3.38.